The van der Waals surface area contributed by atoms with Crippen molar-refractivity contribution in [3.63, 3.8) is 0 Å². The Bertz CT molecular complexity index is 599. The molecule has 0 aromatic carbocycles. The van der Waals surface area contributed by atoms with Crippen LogP contribution >= 0.6 is 0 Å². The Morgan fingerprint density at radius 2 is 2.05 bits per heavy atom. The molecule has 0 saturated carbocycles. The zero-order valence-electron chi connectivity index (χ0n) is 13.3. The molecule has 0 bridgehead atoms. The van der Waals surface area contributed by atoms with Crippen LogP contribution in [0, 0.1) is 11.3 Å². The van der Waals surface area contributed by atoms with Crippen LogP contribution in [-0.4, -0.2) is 30.4 Å². The normalized spacial score (nSPS) is 10.5. The Labute approximate surface area is 130 Å². The van der Waals surface area contributed by atoms with Gasteiger partial charge in [0, 0.05) is 12.3 Å². The lowest BCUT2D eigenvalue weighted by atomic mass is 10.1. The average Bonchev–Trinajstić information content (AvgIpc) is 2.48. The van der Waals surface area contributed by atoms with E-state index in [9.17, 15) is 9.59 Å². The molecule has 6 nitrogen and oxygen atoms in total. The Morgan fingerprint density at radius 3 is 2.64 bits per heavy atom. The molecule has 0 spiro atoms. The molecule has 0 atom stereocenters. The topological polar surface area (TPSA) is 81.3 Å². The molecule has 0 unspecified atom stereocenters. The third kappa shape index (κ3) is 5.01. The number of ether oxygens (including phenoxy) is 2. The molecule has 0 radical (unpaired) electrons. The number of pyridine rings is 1. The fraction of sp³-hybridized carbons (Fsp3) is 0.562. The zero-order valence-corrected chi connectivity index (χ0v) is 13.3. The summed E-state index contributed by atoms with van der Waals surface area (Å²) in [5.41, 5.74) is 0.250. The van der Waals surface area contributed by atoms with Crippen LogP contribution in [-0.2, 0) is 20.8 Å². The molecule has 0 aliphatic heterocycles. The van der Waals surface area contributed by atoms with E-state index in [1.54, 1.807) is 6.07 Å². The maximum atomic E-state index is 12.2. The van der Waals surface area contributed by atoms with E-state index >= 15 is 0 Å². The molecule has 22 heavy (non-hydrogen) atoms. The fourth-order valence-electron chi connectivity index (χ4n) is 1.98. The van der Waals surface area contributed by atoms with E-state index in [0.29, 0.717) is 18.9 Å². The molecule has 120 valence electrons. The minimum atomic E-state index is -0.515. The van der Waals surface area contributed by atoms with Crippen LogP contribution < -0.4 is 5.56 Å². The summed E-state index contributed by atoms with van der Waals surface area (Å²) in [6, 6.07) is 5.02. The Kier molecular flexibility index (Phi) is 7.33. The monoisotopic (exact) mass is 306 g/mol. The first-order valence-corrected chi connectivity index (χ1v) is 7.38. The third-order valence-corrected chi connectivity index (χ3v) is 3.05. The van der Waals surface area contributed by atoms with Gasteiger partial charge in [0.25, 0.3) is 5.56 Å². The Morgan fingerprint density at radius 1 is 1.32 bits per heavy atom. The number of nitrogens with zero attached hydrogens (tertiary/aromatic N) is 2. The maximum Gasteiger partial charge on any atom is 0.326 e. The van der Waals surface area contributed by atoms with Crippen molar-refractivity contribution in [2.75, 3.05) is 19.8 Å². The second kappa shape index (κ2) is 9.00. The van der Waals surface area contributed by atoms with Crippen LogP contribution in [0.3, 0.4) is 0 Å². The van der Waals surface area contributed by atoms with Crippen molar-refractivity contribution in [1.29, 1.82) is 5.26 Å². The second-order valence-electron chi connectivity index (χ2n) is 5.16. The van der Waals surface area contributed by atoms with Crippen molar-refractivity contribution < 1.29 is 14.3 Å². The van der Waals surface area contributed by atoms with Gasteiger partial charge in [-0.2, -0.15) is 5.26 Å². The smallest absolute Gasteiger partial charge is 0.326 e. The molecule has 0 aliphatic carbocycles. The molecule has 1 heterocycles. The van der Waals surface area contributed by atoms with Crippen LogP contribution in [0.25, 0.3) is 0 Å². The zero-order chi connectivity index (χ0) is 16.5. The lowest BCUT2D eigenvalue weighted by Gasteiger charge is -2.15. The lowest BCUT2D eigenvalue weighted by molar-refractivity contribution is -0.146. The van der Waals surface area contributed by atoms with Crippen molar-refractivity contribution in [3.8, 4) is 6.07 Å². The van der Waals surface area contributed by atoms with Crippen molar-refractivity contribution in [2.24, 2.45) is 0 Å². The Hall–Kier alpha value is -2.13. The largest absolute Gasteiger partial charge is 0.462 e. The highest BCUT2D eigenvalue weighted by Crippen LogP contribution is 2.13. The van der Waals surface area contributed by atoms with Gasteiger partial charge in [-0.15, -0.1) is 0 Å². The lowest BCUT2D eigenvalue weighted by Crippen LogP contribution is -2.30. The molecule has 6 heteroatoms. The SMILES string of the molecule is CCCOCCOC(=O)Cn1c(C(C)C)ccc(C#N)c1=O. The first-order chi connectivity index (χ1) is 10.5. The van der Waals surface area contributed by atoms with Gasteiger partial charge in [0.2, 0.25) is 0 Å². The molecule has 1 aromatic heterocycles. The van der Waals surface area contributed by atoms with Crippen LogP contribution in [0.5, 0.6) is 0 Å². The number of nitriles is 1. The molecule has 0 aliphatic rings. The second-order valence-corrected chi connectivity index (χ2v) is 5.16. The van der Waals surface area contributed by atoms with Crippen molar-refractivity contribution in [1.82, 2.24) is 4.57 Å². The minimum Gasteiger partial charge on any atom is -0.462 e. The van der Waals surface area contributed by atoms with E-state index in [0.717, 1.165) is 6.42 Å². The quantitative estimate of drug-likeness (QED) is 0.540. The van der Waals surface area contributed by atoms with Gasteiger partial charge in [0.1, 0.15) is 24.8 Å². The molecular weight excluding hydrogens is 284 g/mol. The summed E-state index contributed by atoms with van der Waals surface area (Å²) in [6.07, 6.45) is 0.905. The highest BCUT2D eigenvalue weighted by Gasteiger charge is 2.15. The van der Waals surface area contributed by atoms with E-state index in [-0.39, 0.29) is 24.6 Å². The van der Waals surface area contributed by atoms with E-state index in [1.165, 1.54) is 10.6 Å². The number of carbonyl (C=O) groups excluding carboxylic acids is 1. The van der Waals surface area contributed by atoms with E-state index in [1.807, 2.05) is 26.8 Å². The first-order valence-electron chi connectivity index (χ1n) is 7.38. The number of carbonyl (C=O) groups is 1. The van der Waals surface area contributed by atoms with Crippen molar-refractivity contribution in [3.05, 3.63) is 33.7 Å². The molecule has 0 fully saturated rings. The molecule has 0 saturated heterocycles. The van der Waals surface area contributed by atoms with Gasteiger partial charge in [-0.25, -0.2) is 0 Å². The van der Waals surface area contributed by atoms with Gasteiger partial charge in [-0.3, -0.25) is 9.59 Å². The van der Waals surface area contributed by atoms with Crippen LogP contribution in [0.2, 0.25) is 0 Å². The van der Waals surface area contributed by atoms with Crippen LogP contribution in [0.1, 0.15) is 44.4 Å². The van der Waals surface area contributed by atoms with E-state index in [4.69, 9.17) is 14.7 Å². The predicted octanol–water partition coefficient (Wildman–Crippen LogP) is 1.81. The summed E-state index contributed by atoms with van der Waals surface area (Å²) in [4.78, 5) is 24.0. The minimum absolute atomic E-state index is 0.0171. The summed E-state index contributed by atoms with van der Waals surface area (Å²) in [5, 5.41) is 8.93. The van der Waals surface area contributed by atoms with Crippen molar-refractivity contribution >= 4 is 5.97 Å². The van der Waals surface area contributed by atoms with Gasteiger partial charge >= 0.3 is 5.97 Å². The third-order valence-electron chi connectivity index (χ3n) is 3.05. The molecule has 0 amide bonds. The van der Waals surface area contributed by atoms with Gasteiger partial charge < -0.3 is 14.0 Å². The van der Waals surface area contributed by atoms with E-state index in [2.05, 4.69) is 0 Å². The number of hydrogen-bond acceptors (Lipinski definition) is 5. The highest BCUT2D eigenvalue weighted by atomic mass is 16.6. The number of esters is 1. The maximum absolute atomic E-state index is 12.2. The number of hydrogen-bond donors (Lipinski definition) is 0. The van der Waals surface area contributed by atoms with Gasteiger partial charge in [0.05, 0.1) is 6.61 Å². The number of aromatic nitrogens is 1. The number of rotatable bonds is 8. The van der Waals surface area contributed by atoms with Crippen LogP contribution in [0.4, 0.5) is 0 Å². The van der Waals surface area contributed by atoms with Gasteiger partial charge in [-0.05, 0) is 24.5 Å². The molecule has 0 N–H and O–H groups in total. The van der Waals surface area contributed by atoms with Gasteiger partial charge in [0.15, 0.2) is 0 Å². The Balaban J connectivity index is 2.77. The predicted molar refractivity (Wildman–Crippen MR) is 81.6 cm³/mol. The van der Waals surface area contributed by atoms with Crippen molar-refractivity contribution in [2.45, 2.75) is 39.7 Å². The first kappa shape index (κ1) is 17.9. The van der Waals surface area contributed by atoms with E-state index < -0.39 is 11.5 Å². The summed E-state index contributed by atoms with van der Waals surface area (Å²) in [6.45, 7) is 6.75. The van der Waals surface area contributed by atoms with Gasteiger partial charge in [-0.1, -0.05) is 20.8 Å². The molecule has 1 rings (SSSR count). The highest BCUT2D eigenvalue weighted by molar-refractivity contribution is 5.69. The molecular formula is C16H22N2O4. The fourth-order valence-corrected chi connectivity index (χ4v) is 1.98. The molecule has 1 aromatic rings. The summed E-state index contributed by atoms with van der Waals surface area (Å²) < 4.78 is 11.6. The summed E-state index contributed by atoms with van der Waals surface area (Å²) >= 11 is 0. The summed E-state index contributed by atoms with van der Waals surface area (Å²) in [5.74, 6) is -0.458. The average molecular weight is 306 g/mol. The van der Waals surface area contributed by atoms with Crippen LogP contribution in [0.15, 0.2) is 16.9 Å². The standard InChI is InChI=1S/C16H22N2O4/c1-4-7-21-8-9-22-15(19)11-18-14(12(2)3)6-5-13(10-17)16(18)20/h5-6,12H,4,7-9,11H2,1-3H3. The summed E-state index contributed by atoms with van der Waals surface area (Å²) in [7, 11) is 0.